The third kappa shape index (κ3) is 3.59. The van der Waals surface area contributed by atoms with Gasteiger partial charge in [0.25, 0.3) is 5.91 Å². The zero-order valence-corrected chi connectivity index (χ0v) is 19.3. The first kappa shape index (κ1) is 21.4. The highest BCUT2D eigenvalue weighted by molar-refractivity contribution is 6.06. The first-order valence-electron chi connectivity index (χ1n) is 12.3. The number of nitrogens with zero attached hydrogens (tertiary/aromatic N) is 2. The monoisotopic (exact) mass is 458 g/mol. The number of carbonyl (C=O) groups excluding carboxylic acids is 3. The number of piperidine rings is 2. The van der Waals surface area contributed by atoms with Crippen LogP contribution in [0.25, 0.3) is 0 Å². The molecule has 2 N–H and O–H groups in total. The van der Waals surface area contributed by atoms with Crippen molar-refractivity contribution in [2.24, 2.45) is 5.41 Å². The van der Waals surface area contributed by atoms with E-state index >= 15 is 0 Å². The summed E-state index contributed by atoms with van der Waals surface area (Å²) in [7, 11) is 0. The smallest absolute Gasteiger partial charge is 0.255 e. The van der Waals surface area contributed by atoms with Gasteiger partial charge in [-0.25, -0.2) is 0 Å². The van der Waals surface area contributed by atoms with Gasteiger partial charge >= 0.3 is 0 Å². The molecule has 3 amide bonds. The molecule has 4 heterocycles. The van der Waals surface area contributed by atoms with Gasteiger partial charge in [-0.2, -0.15) is 0 Å². The molecule has 2 aromatic carbocycles. The van der Waals surface area contributed by atoms with Crippen LogP contribution < -0.4 is 15.5 Å². The number of hydrogen-bond acceptors (Lipinski definition) is 5. The molecule has 2 fully saturated rings. The number of hydrogen-bond donors (Lipinski definition) is 2. The summed E-state index contributed by atoms with van der Waals surface area (Å²) in [6, 6.07) is 14.1. The molecular weight excluding hydrogens is 428 g/mol. The standard InChI is InChI=1S/C27H30N4O3/c32-23-9-8-22(25(33)29-23)31-16-20-6-3-5-19(24(20)26(31)34)15-30-17-27(10-12-28-13-11-27)14-18-4-1-2-7-21(18)30/h1-7,22,28H,8-17H2,(H,29,32,33). The van der Waals surface area contributed by atoms with Gasteiger partial charge in [0.05, 0.1) is 0 Å². The van der Waals surface area contributed by atoms with E-state index in [1.165, 1.54) is 11.3 Å². The van der Waals surface area contributed by atoms with Gasteiger partial charge in [-0.15, -0.1) is 0 Å². The highest BCUT2D eigenvalue weighted by Crippen LogP contribution is 2.43. The number of rotatable bonds is 3. The van der Waals surface area contributed by atoms with E-state index < -0.39 is 6.04 Å². The molecule has 4 aliphatic rings. The lowest BCUT2D eigenvalue weighted by molar-refractivity contribution is -0.136. The van der Waals surface area contributed by atoms with E-state index in [0.717, 1.165) is 55.6 Å². The molecule has 1 spiro atoms. The lowest BCUT2D eigenvalue weighted by Crippen LogP contribution is -2.52. The van der Waals surface area contributed by atoms with Gasteiger partial charge in [-0.05, 0) is 66.9 Å². The number of carbonyl (C=O) groups is 3. The maximum Gasteiger partial charge on any atom is 0.255 e. The molecule has 0 bridgehead atoms. The van der Waals surface area contributed by atoms with Crippen molar-refractivity contribution in [1.82, 2.24) is 15.5 Å². The minimum atomic E-state index is -0.584. The van der Waals surface area contributed by atoms with E-state index in [2.05, 4.69) is 45.9 Å². The summed E-state index contributed by atoms with van der Waals surface area (Å²) >= 11 is 0. The van der Waals surface area contributed by atoms with Crippen molar-refractivity contribution in [2.75, 3.05) is 24.5 Å². The maximum absolute atomic E-state index is 13.6. The molecule has 1 unspecified atom stereocenters. The minimum absolute atomic E-state index is 0.0954. The van der Waals surface area contributed by atoms with E-state index in [1.54, 1.807) is 4.90 Å². The number of amides is 3. The van der Waals surface area contributed by atoms with E-state index in [0.29, 0.717) is 19.5 Å². The summed E-state index contributed by atoms with van der Waals surface area (Å²) in [6.45, 7) is 4.18. The summed E-state index contributed by atoms with van der Waals surface area (Å²) in [4.78, 5) is 41.7. The zero-order valence-electron chi connectivity index (χ0n) is 19.3. The minimum Gasteiger partial charge on any atom is -0.366 e. The van der Waals surface area contributed by atoms with Crippen molar-refractivity contribution < 1.29 is 14.4 Å². The largest absolute Gasteiger partial charge is 0.366 e. The molecular formula is C27H30N4O3. The summed E-state index contributed by atoms with van der Waals surface area (Å²) < 4.78 is 0. The first-order valence-corrected chi connectivity index (χ1v) is 12.3. The molecule has 176 valence electrons. The van der Waals surface area contributed by atoms with E-state index in [9.17, 15) is 14.4 Å². The molecule has 0 aromatic heterocycles. The van der Waals surface area contributed by atoms with Crippen molar-refractivity contribution >= 4 is 23.4 Å². The lowest BCUT2D eigenvalue weighted by Gasteiger charge is -2.47. The average Bonchev–Trinajstić information content (AvgIpc) is 3.16. The number of benzene rings is 2. The fraction of sp³-hybridized carbons (Fsp3) is 0.444. The Morgan fingerprint density at radius 2 is 1.76 bits per heavy atom. The Morgan fingerprint density at radius 3 is 2.59 bits per heavy atom. The fourth-order valence-corrected chi connectivity index (χ4v) is 6.38. The van der Waals surface area contributed by atoms with Crippen LogP contribution >= 0.6 is 0 Å². The van der Waals surface area contributed by atoms with Gasteiger partial charge in [-0.3, -0.25) is 19.7 Å². The van der Waals surface area contributed by atoms with Gasteiger partial charge in [0.2, 0.25) is 11.8 Å². The van der Waals surface area contributed by atoms with E-state index in [1.807, 2.05) is 12.1 Å². The van der Waals surface area contributed by atoms with Crippen LogP contribution in [-0.4, -0.2) is 48.3 Å². The second kappa shape index (κ2) is 8.24. The summed E-state index contributed by atoms with van der Waals surface area (Å²) in [5.41, 5.74) is 5.62. The van der Waals surface area contributed by atoms with Gasteiger partial charge in [0, 0.05) is 37.3 Å². The molecule has 7 nitrogen and oxygen atoms in total. The topological polar surface area (TPSA) is 81.8 Å². The van der Waals surface area contributed by atoms with Crippen molar-refractivity contribution in [3.05, 3.63) is 64.7 Å². The van der Waals surface area contributed by atoms with E-state index in [4.69, 9.17) is 0 Å². The molecule has 0 radical (unpaired) electrons. The van der Waals surface area contributed by atoms with Gasteiger partial charge in [-0.1, -0.05) is 36.4 Å². The number of imide groups is 1. The number of fused-ring (bicyclic) bond motifs is 2. The highest BCUT2D eigenvalue weighted by Gasteiger charge is 2.42. The fourth-order valence-electron chi connectivity index (χ4n) is 6.38. The second-order valence-electron chi connectivity index (χ2n) is 10.3. The Kier molecular flexibility index (Phi) is 5.17. The Labute approximate surface area is 199 Å². The molecule has 6 rings (SSSR count). The van der Waals surface area contributed by atoms with E-state index in [-0.39, 0.29) is 29.6 Å². The zero-order chi connectivity index (χ0) is 23.3. The molecule has 34 heavy (non-hydrogen) atoms. The van der Waals surface area contributed by atoms with Crippen molar-refractivity contribution in [3.63, 3.8) is 0 Å². The van der Waals surface area contributed by atoms with Crippen molar-refractivity contribution in [2.45, 2.75) is 51.2 Å². The lowest BCUT2D eigenvalue weighted by atomic mass is 9.71. The van der Waals surface area contributed by atoms with Crippen LogP contribution in [0.15, 0.2) is 42.5 Å². The Balaban J connectivity index is 1.30. The van der Waals surface area contributed by atoms with Crippen molar-refractivity contribution in [1.29, 1.82) is 0 Å². The molecule has 0 saturated carbocycles. The molecule has 2 saturated heterocycles. The first-order chi connectivity index (χ1) is 16.5. The summed E-state index contributed by atoms with van der Waals surface area (Å²) in [5.74, 6) is -0.722. The highest BCUT2D eigenvalue weighted by atomic mass is 16.2. The Hall–Kier alpha value is -3.19. The van der Waals surface area contributed by atoms with Crippen LogP contribution in [-0.2, 0) is 29.1 Å². The predicted molar refractivity (Wildman–Crippen MR) is 128 cm³/mol. The summed E-state index contributed by atoms with van der Waals surface area (Å²) in [6.07, 6.45) is 4.08. The number of nitrogens with one attached hydrogen (secondary N) is 2. The van der Waals surface area contributed by atoms with Crippen LogP contribution in [0.5, 0.6) is 0 Å². The van der Waals surface area contributed by atoms with Gasteiger partial charge in [0.15, 0.2) is 0 Å². The molecule has 1 atom stereocenters. The van der Waals surface area contributed by atoms with Crippen LogP contribution in [0.2, 0.25) is 0 Å². The van der Waals surface area contributed by atoms with Crippen LogP contribution in [0, 0.1) is 5.41 Å². The Bertz CT molecular complexity index is 1170. The van der Waals surface area contributed by atoms with Crippen LogP contribution in [0.3, 0.4) is 0 Å². The van der Waals surface area contributed by atoms with Crippen LogP contribution in [0.1, 0.15) is 52.7 Å². The number of para-hydroxylation sites is 1. The second-order valence-corrected chi connectivity index (χ2v) is 10.3. The maximum atomic E-state index is 13.6. The third-order valence-electron chi connectivity index (χ3n) is 8.09. The van der Waals surface area contributed by atoms with Gasteiger partial charge in [0.1, 0.15) is 6.04 Å². The number of anilines is 1. The molecule has 4 aliphatic heterocycles. The van der Waals surface area contributed by atoms with Crippen molar-refractivity contribution in [3.8, 4) is 0 Å². The third-order valence-corrected chi connectivity index (χ3v) is 8.09. The summed E-state index contributed by atoms with van der Waals surface area (Å²) in [5, 5.41) is 5.90. The molecule has 2 aromatic rings. The normalized spacial score (nSPS) is 23.6. The molecule has 7 heteroatoms. The molecule has 0 aliphatic carbocycles. The quantitative estimate of drug-likeness (QED) is 0.691. The SMILES string of the molecule is O=C1CCC(N2Cc3cccc(CN4CC5(CCNCC5)Cc5ccccc54)c3C2=O)C(=O)N1. The van der Waals surface area contributed by atoms with Crippen LogP contribution in [0.4, 0.5) is 5.69 Å². The predicted octanol–water partition coefficient (Wildman–Crippen LogP) is 2.38. The van der Waals surface area contributed by atoms with Gasteiger partial charge < -0.3 is 15.1 Å². The Morgan fingerprint density at radius 1 is 0.971 bits per heavy atom. The average molecular weight is 459 g/mol.